The quantitative estimate of drug-likeness (QED) is 0.304. The molecule has 176 valence electrons. The first-order chi connectivity index (χ1) is 15.9. The molecular weight excluding hydrogens is 430 g/mol. The van der Waals surface area contributed by atoms with Crippen LogP contribution in [0.5, 0.6) is 0 Å². The van der Waals surface area contributed by atoms with Crippen LogP contribution < -0.4 is 10.6 Å². The number of aromatic nitrogens is 2. The van der Waals surface area contributed by atoms with Crippen LogP contribution in [0.4, 0.5) is 4.79 Å². The van der Waals surface area contributed by atoms with Gasteiger partial charge in [0.25, 0.3) is 0 Å². The van der Waals surface area contributed by atoms with Crippen LogP contribution in [0, 0.1) is 0 Å². The molecule has 0 saturated carbocycles. The van der Waals surface area contributed by atoms with Crippen molar-refractivity contribution in [3.8, 4) is 0 Å². The molecule has 2 rings (SSSR count). The number of carbonyl (C=O) groups is 4. The zero-order valence-corrected chi connectivity index (χ0v) is 18.0. The lowest BCUT2D eigenvalue weighted by Gasteiger charge is -2.24. The molecule has 0 saturated heterocycles. The number of pyridine rings is 2. The van der Waals surface area contributed by atoms with Crippen molar-refractivity contribution in [3.63, 3.8) is 0 Å². The minimum atomic E-state index is -1.38. The van der Waals surface area contributed by atoms with E-state index in [1.54, 1.807) is 12.4 Å². The van der Waals surface area contributed by atoms with Gasteiger partial charge in [0.2, 0.25) is 0 Å². The second-order valence-corrected chi connectivity index (χ2v) is 7.33. The topological polar surface area (TPSA) is 162 Å². The van der Waals surface area contributed by atoms with Gasteiger partial charge in [0.1, 0.15) is 12.3 Å². The molecule has 0 aliphatic rings. The molecule has 0 aromatic carbocycles. The fraction of sp³-hybridized carbons (Fsp3) is 0.364. The Bertz CT molecular complexity index is 871. The number of aliphatic carboxylic acids is 2. The Kier molecular flexibility index (Phi) is 10.4. The number of carbonyl (C=O) groups excluding carboxylic acids is 2. The third kappa shape index (κ3) is 9.87. The highest BCUT2D eigenvalue weighted by molar-refractivity contribution is 5.84. The SMILES string of the molecule is O=CC(CCN(Cc1ccccn1)Cc1ccccn1)NC(=O)NC(CCC(=O)O)C(=O)O. The molecule has 4 N–H and O–H groups in total. The summed E-state index contributed by atoms with van der Waals surface area (Å²) in [6.07, 6.45) is 3.54. The Labute approximate surface area is 190 Å². The van der Waals surface area contributed by atoms with Crippen molar-refractivity contribution in [2.45, 2.75) is 44.4 Å². The van der Waals surface area contributed by atoms with Crippen molar-refractivity contribution in [3.05, 3.63) is 60.2 Å². The third-order valence-electron chi connectivity index (χ3n) is 4.71. The summed E-state index contributed by atoms with van der Waals surface area (Å²) in [4.78, 5) is 56.3. The minimum absolute atomic E-state index is 0.267. The van der Waals surface area contributed by atoms with E-state index in [-0.39, 0.29) is 12.8 Å². The van der Waals surface area contributed by atoms with Crippen molar-refractivity contribution in [1.82, 2.24) is 25.5 Å². The van der Waals surface area contributed by atoms with Crippen molar-refractivity contribution in [2.24, 2.45) is 0 Å². The van der Waals surface area contributed by atoms with E-state index in [0.717, 1.165) is 11.4 Å². The monoisotopic (exact) mass is 457 g/mol. The van der Waals surface area contributed by atoms with E-state index >= 15 is 0 Å². The highest BCUT2D eigenvalue weighted by Crippen LogP contribution is 2.08. The molecule has 0 spiro atoms. The lowest BCUT2D eigenvalue weighted by molar-refractivity contribution is -0.140. The molecular formula is C22H27N5O6. The van der Waals surface area contributed by atoms with E-state index in [1.807, 2.05) is 41.3 Å². The van der Waals surface area contributed by atoms with Crippen molar-refractivity contribution in [1.29, 1.82) is 0 Å². The lowest BCUT2D eigenvalue weighted by atomic mass is 10.1. The Morgan fingerprint density at radius 3 is 2.00 bits per heavy atom. The highest BCUT2D eigenvalue weighted by atomic mass is 16.4. The van der Waals surface area contributed by atoms with Gasteiger partial charge in [-0.3, -0.25) is 19.7 Å². The van der Waals surface area contributed by atoms with Crippen LogP contribution in [0.15, 0.2) is 48.8 Å². The molecule has 2 aromatic heterocycles. The van der Waals surface area contributed by atoms with Crippen LogP contribution in [-0.4, -0.2) is 68.0 Å². The molecule has 0 aliphatic heterocycles. The molecule has 0 radical (unpaired) electrons. The molecule has 33 heavy (non-hydrogen) atoms. The molecule has 0 bridgehead atoms. The van der Waals surface area contributed by atoms with Gasteiger partial charge in [0.15, 0.2) is 0 Å². The Morgan fingerprint density at radius 2 is 1.55 bits per heavy atom. The maximum Gasteiger partial charge on any atom is 0.326 e. The van der Waals surface area contributed by atoms with E-state index < -0.39 is 36.5 Å². The summed E-state index contributed by atoms with van der Waals surface area (Å²) in [6.45, 7) is 1.44. The standard InChI is InChI=1S/C22H27N5O6/c28-15-18(25-22(33)26-19(21(31)32)7-8-20(29)30)9-12-27(13-16-5-1-3-10-23-16)14-17-6-2-4-11-24-17/h1-6,10-11,15,18-19H,7-9,12-14H2,(H,29,30)(H,31,32)(H2,25,26,33). The van der Waals surface area contributed by atoms with Gasteiger partial charge in [0.05, 0.1) is 17.4 Å². The number of amides is 2. The van der Waals surface area contributed by atoms with Crippen LogP contribution in [0.1, 0.15) is 30.7 Å². The van der Waals surface area contributed by atoms with Crippen molar-refractivity contribution in [2.75, 3.05) is 6.54 Å². The zero-order chi connectivity index (χ0) is 24.1. The average molecular weight is 457 g/mol. The van der Waals surface area contributed by atoms with Gasteiger partial charge in [-0.1, -0.05) is 12.1 Å². The summed E-state index contributed by atoms with van der Waals surface area (Å²) in [5.41, 5.74) is 1.68. The summed E-state index contributed by atoms with van der Waals surface area (Å²) in [6, 6.07) is 8.07. The molecule has 2 unspecified atom stereocenters. The van der Waals surface area contributed by atoms with Gasteiger partial charge >= 0.3 is 18.0 Å². The van der Waals surface area contributed by atoms with Gasteiger partial charge < -0.3 is 25.6 Å². The number of hydrogen-bond donors (Lipinski definition) is 4. The summed E-state index contributed by atoms with van der Waals surface area (Å²) in [5.74, 6) is -2.53. The molecule has 2 aromatic rings. The first-order valence-corrected chi connectivity index (χ1v) is 10.4. The van der Waals surface area contributed by atoms with Crippen LogP contribution in [0.3, 0.4) is 0 Å². The predicted octanol–water partition coefficient (Wildman–Crippen LogP) is 1.05. The van der Waals surface area contributed by atoms with Gasteiger partial charge in [-0.2, -0.15) is 0 Å². The van der Waals surface area contributed by atoms with E-state index in [2.05, 4.69) is 20.6 Å². The number of rotatable bonds is 14. The number of carboxylic acid groups (broad SMARTS) is 2. The molecule has 2 atom stereocenters. The maximum absolute atomic E-state index is 12.2. The van der Waals surface area contributed by atoms with Crippen LogP contribution >= 0.6 is 0 Å². The molecule has 2 amide bonds. The fourth-order valence-corrected chi connectivity index (χ4v) is 3.04. The Balaban J connectivity index is 1.95. The van der Waals surface area contributed by atoms with Crippen LogP contribution in [0.2, 0.25) is 0 Å². The van der Waals surface area contributed by atoms with Gasteiger partial charge in [-0.05, 0) is 37.1 Å². The van der Waals surface area contributed by atoms with Crippen molar-refractivity contribution < 1.29 is 29.4 Å². The molecule has 11 nitrogen and oxygen atoms in total. The minimum Gasteiger partial charge on any atom is -0.481 e. The number of aldehydes is 1. The first kappa shape index (κ1) is 25.4. The molecule has 2 heterocycles. The van der Waals surface area contributed by atoms with E-state index in [0.29, 0.717) is 25.9 Å². The molecule has 0 aliphatic carbocycles. The average Bonchev–Trinajstić information content (AvgIpc) is 2.80. The van der Waals surface area contributed by atoms with Gasteiger partial charge in [-0.25, -0.2) is 9.59 Å². The molecule has 11 heteroatoms. The number of nitrogens with zero attached hydrogens (tertiary/aromatic N) is 3. The maximum atomic E-state index is 12.2. The Morgan fingerprint density at radius 1 is 0.939 bits per heavy atom. The lowest BCUT2D eigenvalue weighted by Crippen LogP contribution is -2.50. The zero-order valence-electron chi connectivity index (χ0n) is 18.0. The second-order valence-electron chi connectivity index (χ2n) is 7.33. The third-order valence-corrected chi connectivity index (χ3v) is 4.71. The predicted molar refractivity (Wildman–Crippen MR) is 117 cm³/mol. The summed E-state index contributed by atoms with van der Waals surface area (Å²) < 4.78 is 0. The van der Waals surface area contributed by atoms with Crippen LogP contribution in [0.25, 0.3) is 0 Å². The smallest absolute Gasteiger partial charge is 0.326 e. The normalized spacial score (nSPS) is 12.5. The van der Waals surface area contributed by atoms with E-state index in [4.69, 9.17) is 10.2 Å². The second kappa shape index (κ2) is 13.5. The fourth-order valence-electron chi connectivity index (χ4n) is 3.04. The first-order valence-electron chi connectivity index (χ1n) is 10.4. The van der Waals surface area contributed by atoms with Gasteiger partial charge in [0, 0.05) is 38.4 Å². The van der Waals surface area contributed by atoms with E-state index in [1.165, 1.54) is 0 Å². The Hall–Kier alpha value is -3.86. The summed E-state index contributed by atoms with van der Waals surface area (Å²) >= 11 is 0. The number of hydrogen-bond acceptors (Lipinski definition) is 7. The van der Waals surface area contributed by atoms with Gasteiger partial charge in [-0.15, -0.1) is 0 Å². The summed E-state index contributed by atoms with van der Waals surface area (Å²) in [7, 11) is 0. The summed E-state index contributed by atoms with van der Waals surface area (Å²) in [5, 5.41) is 22.5. The number of urea groups is 1. The van der Waals surface area contributed by atoms with Crippen molar-refractivity contribution >= 4 is 24.3 Å². The number of nitrogens with one attached hydrogen (secondary N) is 2. The highest BCUT2D eigenvalue weighted by Gasteiger charge is 2.22. The van der Waals surface area contributed by atoms with Crippen LogP contribution in [-0.2, 0) is 27.5 Å². The largest absolute Gasteiger partial charge is 0.481 e. The van der Waals surface area contributed by atoms with E-state index in [9.17, 15) is 19.2 Å². The molecule has 0 fully saturated rings. The number of carboxylic acids is 2.